The number of hydrogen-bond donors (Lipinski definition) is 1. The highest BCUT2D eigenvalue weighted by Crippen LogP contribution is 2.56. The number of amides is 1. The number of halogens is 2. The molecule has 5 rings (SSSR count). The number of cyclic esters (lactones) is 1. The molecule has 0 radical (unpaired) electrons. The Balaban J connectivity index is 1.86. The maximum Gasteiger partial charge on any atom is 0.338 e. The predicted molar refractivity (Wildman–Crippen MR) is 118 cm³/mol. The van der Waals surface area contributed by atoms with E-state index in [1.54, 1.807) is 24.3 Å². The largest absolute Gasteiger partial charge is 0.456 e. The number of nitrogens with zero attached hydrogens (tertiary/aromatic N) is 3. The van der Waals surface area contributed by atoms with Gasteiger partial charge in [-0.3, -0.25) is 14.6 Å². The van der Waals surface area contributed by atoms with Crippen LogP contribution in [0.3, 0.4) is 0 Å². The molecule has 162 valence electrons. The van der Waals surface area contributed by atoms with Gasteiger partial charge >= 0.3 is 5.97 Å². The molecular formula is C24H14ClFN4O3. The lowest BCUT2D eigenvalue weighted by molar-refractivity contribution is -0.137. The molecule has 7 nitrogen and oxygen atoms in total. The highest BCUT2D eigenvalue weighted by Gasteiger charge is 2.63. The van der Waals surface area contributed by atoms with Crippen LogP contribution in [0.25, 0.3) is 0 Å². The summed E-state index contributed by atoms with van der Waals surface area (Å²) >= 11 is 5.97. The second kappa shape index (κ2) is 7.13. The minimum absolute atomic E-state index is 0.0225. The van der Waals surface area contributed by atoms with E-state index in [0.717, 1.165) is 6.07 Å². The number of nitrogens with two attached hydrogens (primary N) is 1. The number of carbonyl (C=O) groups excluding carboxylic acids is 2. The van der Waals surface area contributed by atoms with Crippen LogP contribution in [0.5, 0.6) is 0 Å². The molecule has 33 heavy (non-hydrogen) atoms. The van der Waals surface area contributed by atoms with Crippen molar-refractivity contribution in [2.75, 3.05) is 23.0 Å². The van der Waals surface area contributed by atoms with E-state index in [1.807, 2.05) is 6.07 Å². The molecule has 0 unspecified atom stereocenters. The van der Waals surface area contributed by atoms with Gasteiger partial charge in [0, 0.05) is 16.9 Å². The first-order valence-corrected chi connectivity index (χ1v) is 10.2. The fourth-order valence-corrected chi connectivity index (χ4v) is 4.94. The number of terminal acetylenes is 1. The number of rotatable bonds is 2. The predicted octanol–water partition coefficient (Wildman–Crippen LogP) is 2.72. The molecule has 1 spiro atoms. The summed E-state index contributed by atoms with van der Waals surface area (Å²) < 4.78 is 19.1. The summed E-state index contributed by atoms with van der Waals surface area (Å²) in [6.45, 7) is -0.264. The summed E-state index contributed by atoms with van der Waals surface area (Å²) in [7, 11) is 0. The monoisotopic (exact) mass is 460 g/mol. The Labute approximate surface area is 193 Å². The standard InChI is InChI=1S/C24H14ClFN4O3/c1-2-9-29-18-6-4-3-5-14(18)24(23(29)32)15(11-27)21(28)30(19-12-33-22(31)20(19)24)13-7-8-17(26)16(25)10-13/h1,3-8,10H,9,12,28H2/t24-/m1/s1. The van der Waals surface area contributed by atoms with Gasteiger partial charge in [0.2, 0.25) is 5.91 Å². The average Bonchev–Trinajstić information content (AvgIpc) is 3.29. The number of fused-ring (bicyclic) bond motifs is 3. The topological polar surface area (TPSA) is 99.7 Å². The Hall–Kier alpha value is -4.27. The Morgan fingerprint density at radius 3 is 2.73 bits per heavy atom. The van der Waals surface area contributed by atoms with Crippen molar-refractivity contribution < 1.29 is 18.7 Å². The van der Waals surface area contributed by atoms with E-state index in [-0.39, 0.29) is 40.8 Å². The van der Waals surface area contributed by atoms with Crippen molar-refractivity contribution in [2.24, 2.45) is 5.73 Å². The molecule has 0 saturated heterocycles. The molecule has 1 amide bonds. The summed E-state index contributed by atoms with van der Waals surface area (Å²) in [4.78, 5) is 29.8. The van der Waals surface area contributed by atoms with E-state index in [0.29, 0.717) is 16.9 Å². The van der Waals surface area contributed by atoms with Crippen molar-refractivity contribution in [1.82, 2.24) is 0 Å². The zero-order valence-corrected chi connectivity index (χ0v) is 17.7. The van der Waals surface area contributed by atoms with Crippen molar-refractivity contribution in [1.29, 1.82) is 5.26 Å². The Morgan fingerprint density at radius 1 is 1.27 bits per heavy atom. The molecule has 2 aromatic carbocycles. The van der Waals surface area contributed by atoms with Crippen LogP contribution in [0, 0.1) is 29.5 Å². The first kappa shape index (κ1) is 20.6. The average molecular weight is 461 g/mol. The summed E-state index contributed by atoms with van der Waals surface area (Å²) in [6.07, 6.45) is 5.50. The number of anilines is 2. The maximum atomic E-state index is 13.9. The van der Waals surface area contributed by atoms with E-state index >= 15 is 0 Å². The van der Waals surface area contributed by atoms with Crippen LogP contribution in [0.1, 0.15) is 5.56 Å². The van der Waals surface area contributed by atoms with Crippen molar-refractivity contribution in [2.45, 2.75) is 5.41 Å². The van der Waals surface area contributed by atoms with Gasteiger partial charge in [0.05, 0.1) is 28.4 Å². The van der Waals surface area contributed by atoms with Gasteiger partial charge in [-0.2, -0.15) is 5.26 Å². The Morgan fingerprint density at radius 2 is 2.03 bits per heavy atom. The molecule has 9 heteroatoms. The number of hydrogen-bond acceptors (Lipinski definition) is 6. The molecule has 2 N–H and O–H groups in total. The Bertz CT molecular complexity index is 1420. The van der Waals surface area contributed by atoms with Gasteiger partial charge in [0.1, 0.15) is 29.7 Å². The lowest BCUT2D eigenvalue weighted by Crippen LogP contribution is -2.50. The van der Waals surface area contributed by atoms with E-state index < -0.39 is 23.1 Å². The van der Waals surface area contributed by atoms with Crippen molar-refractivity contribution >= 4 is 34.9 Å². The van der Waals surface area contributed by atoms with Crippen LogP contribution < -0.4 is 15.5 Å². The summed E-state index contributed by atoms with van der Waals surface area (Å²) in [5.74, 6) is 0.387. The maximum absolute atomic E-state index is 13.9. The lowest BCUT2D eigenvalue weighted by Gasteiger charge is -2.38. The van der Waals surface area contributed by atoms with Gasteiger partial charge in [-0.05, 0) is 24.3 Å². The highest BCUT2D eigenvalue weighted by atomic mass is 35.5. The van der Waals surface area contributed by atoms with Crippen molar-refractivity contribution in [3.63, 3.8) is 0 Å². The fraction of sp³-hybridized carbons (Fsp3) is 0.125. The molecule has 3 heterocycles. The first-order valence-electron chi connectivity index (χ1n) is 9.79. The summed E-state index contributed by atoms with van der Waals surface area (Å²) in [6, 6.07) is 12.7. The third-order valence-corrected chi connectivity index (χ3v) is 6.33. The van der Waals surface area contributed by atoms with Gasteiger partial charge in [0.25, 0.3) is 0 Å². The van der Waals surface area contributed by atoms with E-state index in [2.05, 4.69) is 5.92 Å². The highest BCUT2D eigenvalue weighted by molar-refractivity contribution is 6.31. The van der Waals surface area contributed by atoms with Gasteiger partial charge < -0.3 is 10.5 Å². The minimum atomic E-state index is -1.81. The number of nitriles is 1. The quantitative estimate of drug-likeness (QED) is 0.546. The summed E-state index contributed by atoms with van der Waals surface area (Å²) in [5.41, 5.74) is 5.96. The van der Waals surface area contributed by atoms with E-state index in [9.17, 15) is 19.2 Å². The van der Waals surface area contributed by atoms with Crippen molar-refractivity contribution in [3.05, 3.63) is 81.5 Å². The molecule has 3 aliphatic heterocycles. The van der Waals surface area contributed by atoms with Crippen molar-refractivity contribution in [3.8, 4) is 18.4 Å². The van der Waals surface area contributed by atoms with Crippen LogP contribution in [-0.4, -0.2) is 25.0 Å². The van der Waals surface area contributed by atoms with Gasteiger partial charge in [-0.15, -0.1) is 6.42 Å². The third-order valence-electron chi connectivity index (χ3n) is 6.04. The van der Waals surface area contributed by atoms with Crippen LogP contribution >= 0.6 is 11.6 Å². The molecule has 0 aromatic heterocycles. The lowest BCUT2D eigenvalue weighted by atomic mass is 9.67. The number of para-hydroxylation sites is 1. The Kier molecular flexibility index (Phi) is 4.45. The van der Waals surface area contributed by atoms with E-state index in [4.69, 9.17) is 28.5 Å². The van der Waals surface area contributed by atoms with Gasteiger partial charge in [-0.25, -0.2) is 9.18 Å². The zero-order valence-electron chi connectivity index (χ0n) is 16.9. The molecule has 0 fully saturated rings. The van der Waals surface area contributed by atoms with Gasteiger partial charge in [-0.1, -0.05) is 35.7 Å². The van der Waals surface area contributed by atoms with Crippen LogP contribution in [0.4, 0.5) is 15.8 Å². The minimum Gasteiger partial charge on any atom is -0.456 e. The normalized spacial score (nSPS) is 21.2. The molecule has 2 aromatic rings. The van der Waals surface area contributed by atoms with Crippen LogP contribution in [0.15, 0.2) is 65.1 Å². The van der Waals surface area contributed by atoms with Gasteiger partial charge in [0.15, 0.2) is 0 Å². The first-order chi connectivity index (χ1) is 15.9. The zero-order chi connectivity index (χ0) is 23.5. The molecule has 0 saturated carbocycles. The third kappa shape index (κ3) is 2.50. The molecule has 3 aliphatic rings. The molecule has 1 atom stereocenters. The fourth-order valence-electron chi connectivity index (χ4n) is 4.76. The van der Waals surface area contributed by atoms with Crippen LogP contribution in [-0.2, 0) is 19.7 Å². The van der Waals surface area contributed by atoms with E-state index in [1.165, 1.54) is 21.9 Å². The smallest absolute Gasteiger partial charge is 0.338 e. The van der Waals surface area contributed by atoms with Crippen LogP contribution in [0.2, 0.25) is 5.02 Å². The second-order valence-electron chi connectivity index (χ2n) is 7.57. The molecule has 0 aliphatic carbocycles. The second-order valence-corrected chi connectivity index (χ2v) is 7.97. The number of esters is 1. The molecule has 0 bridgehead atoms. The summed E-state index contributed by atoms with van der Waals surface area (Å²) in [5, 5.41) is 10.1. The SMILES string of the molecule is C#CCN1C(=O)[C@@]2(C(C#N)=C(N)N(c3ccc(F)c(Cl)c3)C3=C2C(=O)OC3)c2ccccc21. The number of carbonyl (C=O) groups is 2. The number of benzene rings is 2. The number of ether oxygens (including phenoxy) is 1. The molecular weight excluding hydrogens is 447 g/mol.